The molecule has 1 amide bonds. The molecule has 1 aliphatic rings. The number of ether oxygens (including phenoxy) is 1. The largest absolute Gasteiger partial charge is 0.480 e. The SMILES string of the molecule is CN(CC(=O)O)CC1CN(C(=O)c2cnc3ccsc3c2)CCO1. The van der Waals surface area contributed by atoms with Crippen LogP contribution in [0.15, 0.2) is 23.7 Å². The van der Waals surface area contributed by atoms with Gasteiger partial charge in [0.15, 0.2) is 0 Å². The minimum Gasteiger partial charge on any atom is -0.480 e. The Labute approximate surface area is 143 Å². The second-order valence-corrected chi connectivity index (χ2v) is 6.81. The molecule has 1 fully saturated rings. The van der Waals surface area contributed by atoms with Crippen LogP contribution in [0, 0.1) is 0 Å². The molecule has 1 atom stereocenters. The summed E-state index contributed by atoms with van der Waals surface area (Å²) >= 11 is 1.56. The number of aromatic nitrogens is 1. The quantitative estimate of drug-likeness (QED) is 0.872. The topological polar surface area (TPSA) is 83.0 Å². The van der Waals surface area contributed by atoms with Gasteiger partial charge in [0.25, 0.3) is 5.91 Å². The molecule has 1 aliphatic heterocycles. The molecule has 3 heterocycles. The van der Waals surface area contributed by atoms with Gasteiger partial charge in [-0.25, -0.2) is 0 Å². The van der Waals surface area contributed by atoms with Crippen LogP contribution in [-0.4, -0.2) is 77.7 Å². The van der Waals surface area contributed by atoms with Crippen molar-refractivity contribution in [1.29, 1.82) is 0 Å². The van der Waals surface area contributed by atoms with Crippen molar-refractivity contribution in [3.8, 4) is 0 Å². The number of carboxylic acid groups (broad SMARTS) is 1. The normalized spacial score (nSPS) is 18.2. The molecule has 0 radical (unpaired) electrons. The summed E-state index contributed by atoms with van der Waals surface area (Å²) < 4.78 is 6.65. The van der Waals surface area contributed by atoms with Gasteiger partial charge in [-0.3, -0.25) is 19.5 Å². The number of nitrogens with zero attached hydrogens (tertiary/aromatic N) is 3. The molecule has 1 unspecified atom stereocenters. The Hall–Kier alpha value is -2.03. The predicted molar refractivity (Wildman–Crippen MR) is 90.4 cm³/mol. The van der Waals surface area contributed by atoms with Crippen molar-refractivity contribution in [3.63, 3.8) is 0 Å². The number of likely N-dealkylation sites (N-methyl/N-ethyl adjacent to an activating group) is 1. The van der Waals surface area contributed by atoms with Crippen LogP contribution in [0.1, 0.15) is 10.4 Å². The first kappa shape index (κ1) is 16.8. The molecule has 0 spiro atoms. The molecule has 7 nitrogen and oxygen atoms in total. The summed E-state index contributed by atoms with van der Waals surface area (Å²) in [5.41, 5.74) is 1.47. The maximum atomic E-state index is 12.7. The minimum absolute atomic E-state index is 0.0488. The zero-order valence-corrected chi connectivity index (χ0v) is 14.2. The molecule has 0 saturated carbocycles. The van der Waals surface area contributed by atoms with Crippen LogP contribution in [-0.2, 0) is 9.53 Å². The Morgan fingerprint density at radius 2 is 2.38 bits per heavy atom. The number of carboxylic acids is 1. The first-order valence-electron chi connectivity index (χ1n) is 7.67. The van der Waals surface area contributed by atoms with Gasteiger partial charge in [0.2, 0.25) is 0 Å². The third-order valence-electron chi connectivity index (χ3n) is 3.90. The average Bonchev–Trinajstić information content (AvgIpc) is 3.01. The second-order valence-electron chi connectivity index (χ2n) is 5.86. The standard InChI is InChI=1S/C16H19N3O4S/c1-18(10-15(20)21)8-12-9-19(3-4-23-12)16(22)11-6-14-13(17-7-11)2-5-24-14/h2,5-7,12H,3-4,8-10H2,1H3,(H,20,21). The molecule has 24 heavy (non-hydrogen) atoms. The van der Waals surface area contributed by atoms with Crippen molar-refractivity contribution >= 4 is 33.4 Å². The summed E-state index contributed by atoms with van der Waals surface area (Å²) in [5, 5.41) is 10.8. The van der Waals surface area contributed by atoms with E-state index in [1.54, 1.807) is 34.4 Å². The lowest BCUT2D eigenvalue weighted by atomic mass is 10.2. The molecule has 2 aromatic heterocycles. The molecule has 0 aliphatic carbocycles. The summed E-state index contributed by atoms with van der Waals surface area (Å²) in [6, 6.07) is 3.80. The van der Waals surface area contributed by atoms with Crippen molar-refractivity contribution in [2.45, 2.75) is 6.10 Å². The van der Waals surface area contributed by atoms with Gasteiger partial charge >= 0.3 is 5.97 Å². The number of fused-ring (bicyclic) bond motifs is 1. The van der Waals surface area contributed by atoms with Gasteiger partial charge in [0.05, 0.1) is 35.0 Å². The van der Waals surface area contributed by atoms with Gasteiger partial charge in [0, 0.05) is 25.8 Å². The first-order chi connectivity index (χ1) is 11.5. The van der Waals surface area contributed by atoms with Crippen LogP contribution >= 0.6 is 11.3 Å². The summed E-state index contributed by atoms with van der Waals surface area (Å²) in [6.07, 6.45) is 1.42. The first-order valence-corrected chi connectivity index (χ1v) is 8.55. The van der Waals surface area contributed by atoms with E-state index in [1.807, 2.05) is 17.5 Å². The third-order valence-corrected chi connectivity index (χ3v) is 4.75. The van der Waals surface area contributed by atoms with Crippen molar-refractivity contribution in [1.82, 2.24) is 14.8 Å². The Balaban J connectivity index is 1.65. The van der Waals surface area contributed by atoms with E-state index in [2.05, 4.69) is 4.98 Å². The number of carbonyl (C=O) groups is 2. The summed E-state index contributed by atoms with van der Waals surface area (Å²) in [7, 11) is 1.73. The summed E-state index contributed by atoms with van der Waals surface area (Å²) in [5.74, 6) is -0.941. The van der Waals surface area contributed by atoms with Crippen molar-refractivity contribution in [2.24, 2.45) is 0 Å². The zero-order valence-electron chi connectivity index (χ0n) is 13.3. The van der Waals surface area contributed by atoms with E-state index in [0.29, 0.717) is 31.8 Å². The lowest BCUT2D eigenvalue weighted by Crippen LogP contribution is -2.49. The molecule has 1 saturated heterocycles. The highest BCUT2D eigenvalue weighted by atomic mass is 32.1. The van der Waals surface area contributed by atoms with Crippen LogP contribution in [0.25, 0.3) is 10.2 Å². The third kappa shape index (κ3) is 3.89. The van der Waals surface area contributed by atoms with E-state index in [9.17, 15) is 9.59 Å². The number of aliphatic carboxylic acids is 1. The van der Waals surface area contributed by atoms with Gasteiger partial charge in [-0.15, -0.1) is 11.3 Å². The highest BCUT2D eigenvalue weighted by Crippen LogP contribution is 2.21. The molecule has 8 heteroatoms. The van der Waals surface area contributed by atoms with E-state index in [-0.39, 0.29) is 18.6 Å². The molecule has 0 bridgehead atoms. The molecular weight excluding hydrogens is 330 g/mol. The Bertz CT molecular complexity index is 748. The van der Waals surface area contributed by atoms with Gasteiger partial charge < -0.3 is 14.7 Å². The maximum Gasteiger partial charge on any atom is 0.317 e. The highest BCUT2D eigenvalue weighted by Gasteiger charge is 2.26. The predicted octanol–water partition coefficient (Wildman–Crippen LogP) is 1.15. The number of morpholine rings is 1. The fourth-order valence-electron chi connectivity index (χ4n) is 2.80. The average molecular weight is 349 g/mol. The number of pyridine rings is 1. The number of thiophene rings is 1. The Morgan fingerprint density at radius 1 is 1.54 bits per heavy atom. The van der Waals surface area contributed by atoms with E-state index in [0.717, 1.165) is 10.2 Å². The van der Waals surface area contributed by atoms with Crippen LogP contribution in [0.5, 0.6) is 0 Å². The van der Waals surface area contributed by atoms with Gasteiger partial charge in [-0.05, 0) is 24.6 Å². The smallest absolute Gasteiger partial charge is 0.317 e. The van der Waals surface area contributed by atoms with E-state index in [1.165, 1.54) is 0 Å². The van der Waals surface area contributed by atoms with Gasteiger partial charge in [-0.2, -0.15) is 0 Å². The second kappa shape index (κ2) is 7.25. The van der Waals surface area contributed by atoms with Crippen LogP contribution in [0.4, 0.5) is 0 Å². The van der Waals surface area contributed by atoms with E-state index < -0.39 is 5.97 Å². The van der Waals surface area contributed by atoms with Crippen molar-refractivity contribution < 1.29 is 19.4 Å². The maximum absolute atomic E-state index is 12.7. The Kier molecular flexibility index (Phi) is 5.08. The number of hydrogen-bond acceptors (Lipinski definition) is 6. The fourth-order valence-corrected chi connectivity index (χ4v) is 3.58. The number of carbonyl (C=O) groups excluding carboxylic acids is 1. The molecule has 1 N–H and O–H groups in total. The van der Waals surface area contributed by atoms with Crippen molar-refractivity contribution in [3.05, 3.63) is 29.3 Å². The van der Waals surface area contributed by atoms with Crippen LogP contribution in [0.3, 0.4) is 0 Å². The summed E-state index contributed by atoms with van der Waals surface area (Å²) in [6.45, 7) is 1.85. The minimum atomic E-state index is -0.878. The van der Waals surface area contributed by atoms with Gasteiger partial charge in [-0.1, -0.05) is 0 Å². The van der Waals surface area contributed by atoms with Crippen LogP contribution < -0.4 is 0 Å². The number of rotatable bonds is 5. The number of amides is 1. The fraction of sp³-hybridized carbons (Fsp3) is 0.438. The monoisotopic (exact) mass is 349 g/mol. The van der Waals surface area contributed by atoms with E-state index >= 15 is 0 Å². The molecule has 3 rings (SSSR count). The Morgan fingerprint density at radius 3 is 3.17 bits per heavy atom. The molecular formula is C16H19N3O4S. The zero-order chi connectivity index (χ0) is 17.1. The highest BCUT2D eigenvalue weighted by molar-refractivity contribution is 7.17. The molecule has 0 aromatic carbocycles. The molecule has 2 aromatic rings. The summed E-state index contributed by atoms with van der Waals surface area (Å²) in [4.78, 5) is 31.2. The van der Waals surface area contributed by atoms with Gasteiger partial charge in [0.1, 0.15) is 0 Å². The lowest BCUT2D eigenvalue weighted by molar-refractivity contribution is -0.138. The van der Waals surface area contributed by atoms with Crippen LogP contribution in [0.2, 0.25) is 0 Å². The lowest BCUT2D eigenvalue weighted by Gasteiger charge is -2.34. The van der Waals surface area contributed by atoms with Crippen molar-refractivity contribution in [2.75, 3.05) is 39.8 Å². The molecule has 128 valence electrons. The van der Waals surface area contributed by atoms with E-state index in [4.69, 9.17) is 9.84 Å². The number of hydrogen-bond donors (Lipinski definition) is 1.